The van der Waals surface area contributed by atoms with E-state index in [9.17, 15) is 0 Å². The first-order valence-electron chi connectivity index (χ1n) is 7.36. The van der Waals surface area contributed by atoms with Gasteiger partial charge in [-0.1, -0.05) is 0 Å². The lowest BCUT2D eigenvalue weighted by molar-refractivity contribution is 0.636. The maximum Gasteiger partial charge on any atom is 0.177 e. The summed E-state index contributed by atoms with van der Waals surface area (Å²) in [6.45, 7) is 3.45. The third-order valence-corrected chi connectivity index (χ3v) is 3.95. The predicted octanol–water partition coefficient (Wildman–Crippen LogP) is 0.718. The fourth-order valence-corrected chi connectivity index (χ4v) is 2.69. The monoisotopic (exact) mass is 306 g/mol. The largest absolute Gasteiger partial charge is 0.353 e. The Bertz CT molecular complexity index is 855. The molecule has 1 saturated heterocycles. The molecule has 0 spiro atoms. The lowest BCUT2D eigenvalue weighted by atomic mass is 10.2. The van der Waals surface area contributed by atoms with Crippen molar-refractivity contribution in [3.05, 3.63) is 42.4 Å². The summed E-state index contributed by atoms with van der Waals surface area (Å²) in [5.41, 5.74) is 1.33. The van der Waals surface area contributed by atoms with E-state index in [4.69, 9.17) is 5.26 Å². The van der Waals surface area contributed by atoms with E-state index in [0.29, 0.717) is 5.56 Å². The topological polar surface area (TPSA) is 86.2 Å². The number of piperazine rings is 1. The zero-order valence-electron chi connectivity index (χ0n) is 12.4. The van der Waals surface area contributed by atoms with E-state index in [2.05, 4.69) is 36.1 Å². The standard InChI is InChI=1S/C15H14N8/c16-9-12-1-2-13(17-10-12)21-5-7-22(8-6-21)15-4-3-14-19-18-11-23(14)20-15/h1-4,10-11H,5-8H2. The molecule has 114 valence electrons. The first-order chi connectivity index (χ1) is 11.3. The third-order valence-electron chi connectivity index (χ3n) is 3.95. The second kappa shape index (κ2) is 5.53. The lowest BCUT2D eigenvalue weighted by Gasteiger charge is -2.35. The zero-order chi connectivity index (χ0) is 15.6. The molecule has 23 heavy (non-hydrogen) atoms. The molecule has 0 N–H and O–H groups in total. The van der Waals surface area contributed by atoms with Crippen LogP contribution >= 0.6 is 0 Å². The smallest absolute Gasteiger partial charge is 0.177 e. The van der Waals surface area contributed by atoms with Crippen molar-refractivity contribution in [2.75, 3.05) is 36.0 Å². The number of hydrogen-bond acceptors (Lipinski definition) is 7. The molecule has 8 nitrogen and oxygen atoms in total. The van der Waals surface area contributed by atoms with Crippen LogP contribution in [0.25, 0.3) is 5.65 Å². The number of nitrogens with zero attached hydrogens (tertiary/aromatic N) is 8. The molecular formula is C15H14N8. The minimum Gasteiger partial charge on any atom is -0.353 e. The number of aromatic nitrogens is 5. The number of hydrogen-bond donors (Lipinski definition) is 0. The number of nitriles is 1. The Morgan fingerprint density at radius 1 is 0.957 bits per heavy atom. The van der Waals surface area contributed by atoms with Crippen LogP contribution in [0.4, 0.5) is 11.6 Å². The molecule has 1 aliphatic rings. The number of pyridine rings is 1. The van der Waals surface area contributed by atoms with Crippen LogP contribution in [0.2, 0.25) is 0 Å². The molecule has 4 heterocycles. The summed E-state index contributed by atoms with van der Waals surface area (Å²) in [5.74, 6) is 1.83. The van der Waals surface area contributed by atoms with Crippen LogP contribution in [0.3, 0.4) is 0 Å². The van der Waals surface area contributed by atoms with Crippen LogP contribution in [0, 0.1) is 11.3 Å². The Kier molecular flexibility index (Phi) is 3.24. The van der Waals surface area contributed by atoms with Crippen molar-refractivity contribution in [2.45, 2.75) is 0 Å². The van der Waals surface area contributed by atoms with Crippen molar-refractivity contribution in [2.24, 2.45) is 0 Å². The minimum absolute atomic E-state index is 0.582. The van der Waals surface area contributed by atoms with E-state index in [1.807, 2.05) is 18.2 Å². The summed E-state index contributed by atoms with van der Waals surface area (Å²) in [7, 11) is 0. The van der Waals surface area contributed by atoms with Crippen molar-refractivity contribution in [1.82, 2.24) is 24.8 Å². The molecule has 0 amide bonds. The first kappa shape index (κ1) is 13.5. The van der Waals surface area contributed by atoms with Gasteiger partial charge in [0.1, 0.15) is 24.0 Å². The Morgan fingerprint density at radius 2 is 1.70 bits per heavy atom. The lowest BCUT2D eigenvalue weighted by Crippen LogP contribution is -2.47. The van der Waals surface area contributed by atoms with Gasteiger partial charge in [-0.25, -0.2) is 4.98 Å². The molecule has 0 aromatic carbocycles. The molecule has 0 saturated carbocycles. The van der Waals surface area contributed by atoms with Crippen LogP contribution < -0.4 is 9.80 Å². The number of anilines is 2. The van der Waals surface area contributed by atoms with E-state index < -0.39 is 0 Å². The maximum absolute atomic E-state index is 8.83. The molecule has 3 aromatic heterocycles. The molecule has 8 heteroatoms. The van der Waals surface area contributed by atoms with Gasteiger partial charge in [0.25, 0.3) is 0 Å². The Balaban J connectivity index is 1.46. The highest BCUT2D eigenvalue weighted by atomic mass is 15.4. The molecule has 1 aliphatic heterocycles. The van der Waals surface area contributed by atoms with Crippen molar-refractivity contribution < 1.29 is 0 Å². The Hall–Kier alpha value is -3.21. The van der Waals surface area contributed by atoms with Gasteiger partial charge in [-0.15, -0.1) is 15.3 Å². The van der Waals surface area contributed by atoms with Crippen LogP contribution in [-0.2, 0) is 0 Å². The number of fused-ring (bicyclic) bond motifs is 1. The van der Waals surface area contributed by atoms with Gasteiger partial charge in [-0.05, 0) is 24.3 Å². The van der Waals surface area contributed by atoms with Gasteiger partial charge >= 0.3 is 0 Å². The van der Waals surface area contributed by atoms with E-state index in [0.717, 1.165) is 43.5 Å². The van der Waals surface area contributed by atoms with E-state index in [-0.39, 0.29) is 0 Å². The van der Waals surface area contributed by atoms with Gasteiger partial charge in [0.15, 0.2) is 5.65 Å². The van der Waals surface area contributed by atoms with E-state index in [1.54, 1.807) is 23.1 Å². The molecule has 0 unspecified atom stereocenters. The molecule has 0 atom stereocenters. The van der Waals surface area contributed by atoms with Crippen molar-refractivity contribution in [3.63, 3.8) is 0 Å². The quantitative estimate of drug-likeness (QED) is 0.689. The summed E-state index contributed by atoms with van der Waals surface area (Å²) in [5, 5.41) is 21.2. The molecule has 0 bridgehead atoms. The SMILES string of the molecule is N#Cc1ccc(N2CCN(c3ccc4nncn4n3)CC2)nc1. The third kappa shape index (κ3) is 2.53. The highest BCUT2D eigenvalue weighted by Crippen LogP contribution is 2.17. The van der Waals surface area contributed by atoms with Gasteiger partial charge in [0.05, 0.1) is 5.56 Å². The molecule has 1 fully saturated rings. The molecule has 0 aliphatic carbocycles. The molecule has 3 aromatic rings. The van der Waals surface area contributed by atoms with Gasteiger partial charge in [0, 0.05) is 32.4 Å². The summed E-state index contributed by atoms with van der Waals surface area (Å²) in [4.78, 5) is 8.81. The molecule has 0 radical (unpaired) electrons. The molecular weight excluding hydrogens is 292 g/mol. The van der Waals surface area contributed by atoms with Crippen molar-refractivity contribution in [1.29, 1.82) is 5.26 Å². The first-order valence-corrected chi connectivity index (χ1v) is 7.36. The van der Waals surface area contributed by atoms with Crippen LogP contribution in [0.5, 0.6) is 0 Å². The van der Waals surface area contributed by atoms with Gasteiger partial charge in [0.2, 0.25) is 0 Å². The van der Waals surface area contributed by atoms with E-state index >= 15 is 0 Å². The van der Waals surface area contributed by atoms with Crippen LogP contribution in [0.15, 0.2) is 36.8 Å². The zero-order valence-corrected chi connectivity index (χ0v) is 12.4. The summed E-state index contributed by atoms with van der Waals surface area (Å²) in [6.07, 6.45) is 3.22. The average Bonchev–Trinajstić information content (AvgIpc) is 3.10. The van der Waals surface area contributed by atoms with Gasteiger partial charge in [-0.2, -0.15) is 9.78 Å². The van der Waals surface area contributed by atoms with Crippen molar-refractivity contribution >= 4 is 17.3 Å². The minimum atomic E-state index is 0.582. The second-order valence-corrected chi connectivity index (χ2v) is 5.32. The fourth-order valence-electron chi connectivity index (χ4n) is 2.69. The maximum atomic E-state index is 8.83. The highest BCUT2D eigenvalue weighted by Gasteiger charge is 2.19. The average molecular weight is 306 g/mol. The second-order valence-electron chi connectivity index (χ2n) is 5.32. The molecule has 4 rings (SSSR count). The Morgan fingerprint density at radius 3 is 2.39 bits per heavy atom. The highest BCUT2D eigenvalue weighted by molar-refractivity contribution is 5.48. The van der Waals surface area contributed by atoms with Gasteiger partial charge < -0.3 is 9.80 Å². The Labute approximate surface area is 132 Å². The van der Waals surface area contributed by atoms with Crippen LogP contribution in [-0.4, -0.2) is 51.0 Å². The van der Waals surface area contributed by atoms with E-state index in [1.165, 1.54) is 0 Å². The number of rotatable bonds is 2. The van der Waals surface area contributed by atoms with Crippen LogP contribution in [0.1, 0.15) is 5.56 Å². The summed E-state index contributed by atoms with van der Waals surface area (Å²) in [6, 6.07) is 9.68. The summed E-state index contributed by atoms with van der Waals surface area (Å²) >= 11 is 0. The normalized spacial score (nSPS) is 14.9. The van der Waals surface area contributed by atoms with Gasteiger partial charge in [-0.3, -0.25) is 0 Å². The predicted molar refractivity (Wildman–Crippen MR) is 84.2 cm³/mol. The summed E-state index contributed by atoms with van der Waals surface area (Å²) < 4.78 is 1.68. The van der Waals surface area contributed by atoms with Crippen molar-refractivity contribution in [3.8, 4) is 6.07 Å². The fraction of sp³-hybridized carbons (Fsp3) is 0.267.